The van der Waals surface area contributed by atoms with Gasteiger partial charge in [-0.2, -0.15) is 0 Å². The molecule has 1 amide bonds. The number of carbonyl (C=O) groups is 2. The first-order chi connectivity index (χ1) is 12.5. The zero-order valence-electron chi connectivity index (χ0n) is 14.9. The second-order valence-electron chi connectivity index (χ2n) is 5.77. The number of benzene rings is 2. The minimum Gasteiger partial charge on any atom is -0.497 e. The van der Waals surface area contributed by atoms with E-state index in [2.05, 4.69) is 5.32 Å². The number of nitrogens with one attached hydrogen (secondary N) is 1. The molecule has 6 heteroatoms. The smallest absolute Gasteiger partial charge is 0.305 e. The Morgan fingerprint density at radius 1 is 1.12 bits per heavy atom. The number of rotatable bonds is 9. The van der Waals surface area contributed by atoms with Gasteiger partial charge in [0.2, 0.25) is 0 Å². The molecule has 0 saturated heterocycles. The Morgan fingerprint density at radius 3 is 2.46 bits per heavy atom. The third kappa shape index (κ3) is 5.51. The monoisotopic (exact) mass is 357 g/mol. The van der Waals surface area contributed by atoms with Crippen LogP contribution in [-0.4, -0.2) is 30.7 Å². The molecule has 0 spiro atoms. The first-order valence-corrected chi connectivity index (χ1v) is 8.43. The van der Waals surface area contributed by atoms with Gasteiger partial charge >= 0.3 is 5.97 Å². The van der Waals surface area contributed by atoms with E-state index in [1.165, 1.54) is 7.11 Å². The Hall–Kier alpha value is -3.02. The highest BCUT2D eigenvalue weighted by Crippen LogP contribution is 2.22. The van der Waals surface area contributed by atoms with Gasteiger partial charge in [-0.25, -0.2) is 0 Å². The Kier molecular flexibility index (Phi) is 7.02. The summed E-state index contributed by atoms with van der Waals surface area (Å²) in [6, 6.07) is 13.1. The van der Waals surface area contributed by atoms with Gasteiger partial charge in [-0.05, 0) is 42.3 Å². The fraction of sp³-hybridized carbons (Fsp3) is 0.300. The van der Waals surface area contributed by atoms with Crippen LogP contribution >= 0.6 is 0 Å². The molecule has 0 radical (unpaired) electrons. The van der Waals surface area contributed by atoms with Gasteiger partial charge in [-0.3, -0.25) is 9.59 Å². The summed E-state index contributed by atoms with van der Waals surface area (Å²) in [5.74, 6) is -0.0811. The maximum Gasteiger partial charge on any atom is 0.305 e. The molecule has 0 aromatic heterocycles. The van der Waals surface area contributed by atoms with Crippen LogP contribution in [0.25, 0.3) is 0 Å². The minimum atomic E-state index is -0.993. The first-order valence-electron chi connectivity index (χ1n) is 8.43. The average molecular weight is 357 g/mol. The second kappa shape index (κ2) is 9.46. The van der Waals surface area contributed by atoms with Crippen molar-refractivity contribution in [3.05, 3.63) is 59.7 Å². The van der Waals surface area contributed by atoms with Crippen molar-refractivity contribution in [3.63, 3.8) is 0 Å². The standard InChI is InChI=1S/C20H23NO5/c1-3-11-26-16-9-7-14(8-10-16)18(13-19(22)23)21-20(24)15-5-4-6-17(12-15)25-2/h4-10,12,18H,3,11,13H2,1-2H3,(H,21,24)(H,22,23). The van der Waals surface area contributed by atoms with Gasteiger partial charge in [0.15, 0.2) is 0 Å². The van der Waals surface area contributed by atoms with E-state index in [1.54, 1.807) is 48.5 Å². The number of hydrogen-bond acceptors (Lipinski definition) is 4. The number of carboxylic acids is 1. The number of aliphatic carboxylic acids is 1. The Balaban J connectivity index is 2.15. The fourth-order valence-electron chi connectivity index (χ4n) is 2.45. The molecule has 2 N–H and O–H groups in total. The molecule has 0 aliphatic heterocycles. The quantitative estimate of drug-likeness (QED) is 0.718. The molecule has 0 heterocycles. The van der Waals surface area contributed by atoms with Crippen molar-refractivity contribution in [1.82, 2.24) is 5.32 Å². The van der Waals surface area contributed by atoms with E-state index < -0.39 is 12.0 Å². The van der Waals surface area contributed by atoms with Crippen molar-refractivity contribution in [2.24, 2.45) is 0 Å². The largest absolute Gasteiger partial charge is 0.497 e. The van der Waals surface area contributed by atoms with E-state index in [4.69, 9.17) is 9.47 Å². The zero-order valence-corrected chi connectivity index (χ0v) is 14.9. The molecule has 0 saturated carbocycles. The number of carboxylic acid groups (broad SMARTS) is 1. The second-order valence-corrected chi connectivity index (χ2v) is 5.77. The van der Waals surface area contributed by atoms with E-state index in [9.17, 15) is 14.7 Å². The zero-order chi connectivity index (χ0) is 18.9. The highest BCUT2D eigenvalue weighted by Gasteiger charge is 2.19. The van der Waals surface area contributed by atoms with Crippen LogP contribution in [0.4, 0.5) is 0 Å². The van der Waals surface area contributed by atoms with Gasteiger partial charge in [0.05, 0.1) is 26.2 Å². The molecule has 1 unspecified atom stereocenters. The number of carbonyl (C=O) groups excluding carboxylic acids is 1. The van der Waals surface area contributed by atoms with Crippen LogP contribution < -0.4 is 14.8 Å². The Bertz CT molecular complexity index is 742. The number of amides is 1. The summed E-state index contributed by atoms with van der Waals surface area (Å²) >= 11 is 0. The van der Waals surface area contributed by atoms with Crippen molar-refractivity contribution >= 4 is 11.9 Å². The maximum absolute atomic E-state index is 12.5. The van der Waals surface area contributed by atoms with Crippen molar-refractivity contribution in [2.45, 2.75) is 25.8 Å². The first kappa shape index (κ1) is 19.3. The summed E-state index contributed by atoms with van der Waals surface area (Å²) in [4.78, 5) is 23.7. The molecule has 6 nitrogen and oxygen atoms in total. The summed E-state index contributed by atoms with van der Waals surface area (Å²) in [7, 11) is 1.52. The van der Waals surface area contributed by atoms with Crippen LogP contribution in [0.1, 0.15) is 41.7 Å². The minimum absolute atomic E-state index is 0.217. The lowest BCUT2D eigenvalue weighted by atomic mass is 10.0. The van der Waals surface area contributed by atoms with Crippen molar-refractivity contribution < 1.29 is 24.2 Å². The predicted octanol–water partition coefficient (Wildman–Crippen LogP) is 3.43. The number of methoxy groups -OCH3 is 1. The summed E-state index contributed by atoms with van der Waals surface area (Å²) in [6.07, 6.45) is 0.685. The van der Waals surface area contributed by atoms with Crippen LogP contribution in [0.3, 0.4) is 0 Å². The number of hydrogen-bond donors (Lipinski definition) is 2. The molecule has 0 aliphatic carbocycles. The SMILES string of the molecule is CCCOc1ccc(C(CC(=O)O)NC(=O)c2cccc(OC)c2)cc1. The Labute approximate surface area is 152 Å². The number of ether oxygens (including phenoxy) is 2. The molecule has 138 valence electrons. The molecular formula is C20H23NO5. The fourth-order valence-corrected chi connectivity index (χ4v) is 2.45. The van der Waals surface area contributed by atoms with Gasteiger partial charge in [0.1, 0.15) is 11.5 Å². The molecule has 2 aromatic carbocycles. The van der Waals surface area contributed by atoms with Crippen molar-refractivity contribution in [1.29, 1.82) is 0 Å². The molecule has 26 heavy (non-hydrogen) atoms. The van der Waals surface area contributed by atoms with Gasteiger partial charge < -0.3 is 19.9 Å². The van der Waals surface area contributed by atoms with Gasteiger partial charge in [-0.15, -0.1) is 0 Å². The molecular weight excluding hydrogens is 334 g/mol. The molecule has 1 atom stereocenters. The molecule has 0 aliphatic rings. The van der Waals surface area contributed by atoms with E-state index in [0.717, 1.165) is 6.42 Å². The van der Waals surface area contributed by atoms with Crippen molar-refractivity contribution in [3.8, 4) is 11.5 Å². The summed E-state index contributed by atoms with van der Waals surface area (Å²) < 4.78 is 10.6. The third-order valence-electron chi connectivity index (χ3n) is 3.77. The molecule has 0 bridgehead atoms. The van der Waals surface area contributed by atoms with E-state index in [1.807, 2.05) is 6.92 Å². The van der Waals surface area contributed by atoms with Gasteiger partial charge in [0.25, 0.3) is 5.91 Å². The highest BCUT2D eigenvalue weighted by molar-refractivity contribution is 5.95. The summed E-state index contributed by atoms with van der Waals surface area (Å²) in [5, 5.41) is 12.0. The van der Waals surface area contributed by atoms with E-state index in [-0.39, 0.29) is 12.3 Å². The molecule has 2 aromatic rings. The summed E-state index contributed by atoms with van der Waals surface area (Å²) in [5.41, 5.74) is 1.11. The predicted molar refractivity (Wildman–Crippen MR) is 97.7 cm³/mol. The third-order valence-corrected chi connectivity index (χ3v) is 3.77. The lowest BCUT2D eigenvalue weighted by Gasteiger charge is -2.18. The lowest BCUT2D eigenvalue weighted by molar-refractivity contribution is -0.137. The molecule has 2 rings (SSSR count). The highest BCUT2D eigenvalue weighted by atomic mass is 16.5. The van der Waals surface area contributed by atoms with Crippen LogP contribution in [0.2, 0.25) is 0 Å². The van der Waals surface area contributed by atoms with E-state index in [0.29, 0.717) is 29.2 Å². The maximum atomic E-state index is 12.5. The van der Waals surface area contributed by atoms with Gasteiger partial charge in [0, 0.05) is 5.56 Å². The van der Waals surface area contributed by atoms with Crippen LogP contribution in [0.5, 0.6) is 11.5 Å². The van der Waals surface area contributed by atoms with E-state index >= 15 is 0 Å². The van der Waals surface area contributed by atoms with Crippen LogP contribution in [0, 0.1) is 0 Å². The van der Waals surface area contributed by atoms with Crippen LogP contribution in [0.15, 0.2) is 48.5 Å². The van der Waals surface area contributed by atoms with Crippen LogP contribution in [-0.2, 0) is 4.79 Å². The lowest BCUT2D eigenvalue weighted by Crippen LogP contribution is -2.30. The molecule has 0 fully saturated rings. The summed E-state index contributed by atoms with van der Waals surface area (Å²) in [6.45, 7) is 2.63. The van der Waals surface area contributed by atoms with Gasteiger partial charge in [-0.1, -0.05) is 25.1 Å². The topological polar surface area (TPSA) is 84.9 Å². The average Bonchev–Trinajstić information content (AvgIpc) is 2.66. The Morgan fingerprint density at radius 2 is 1.85 bits per heavy atom. The normalized spacial score (nSPS) is 11.5. The van der Waals surface area contributed by atoms with Crippen molar-refractivity contribution in [2.75, 3.05) is 13.7 Å².